The maximum atomic E-state index is 6.05. The van der Waals surface area contributed by atoms with Crippen molar-refractivity contribution in [1.29, 1.82) is 0 Å². The quantitative estimate of drug-likeness (QED) is 0.514. The first-order valence-corrected chi connectivity index (χ1v) is 9.29. The van der Waals surface area contributed by atoms with Crippen LogP contribution in [0.1, 0.15) is 0 Å². The molecule has 4 aromatic rings. The van der Waals surface area contributed by atoms with Crippen molar-refractivity contribution in [2.24, 2.45) is 0 Å². The number of nitrogens with zero attached hydrogens (tertiary/aromatic N) is 4. The lowest BCUT2D eigenvalue weighted by molar-refractivity contribution is 0.355. The van der Waals surface area contributed by atoms with Crippen LogP contribution in [0.2, 0.25) is 0 Å². The molecular weight excluding hydrogens is 376 g/mol. The van der Waals surface area contributed by atoms with Gasteiger partial charge in [-0.1, -0.05) is 30.3 Å². The van der Waals surface area contributed by atoms with Crippen LogP contribution >= 0.6 is 11.3 Å². The van der Waals surface area contributed by atoms with Gasteiger partial charge < -0.3 is 20.5 Å². The van der Waals surface area contributed by atoms with E-state index in [0.29, 0.717) is 22.6 Å². The number of aromatic nitrogens is 4. The third-order valence-electron chi connectivity index (χ3n) is 4.01. The van der Waals surface area contributed by atoms with Crippen LogP contribution in [0.3, 0.4) is 0 Å². The molecule has 2 aromatic carbocycles. The number of anilines is 3. The highest BCUT2D eigenvalue weighted by Gasteiger charge is 2.14. The van der Waals surface area contributed by atoms with E-state index < -0.39 is 0 Å². The minimum Gasteiger partial charge on any atom is -0.493 e. The molecule has 0 fully saturated rings. The SMILES string of the molecule is COc1ccc(Nc2nc(N)n(-c3nc(-c4ccccc4)cs3)n2)cc1OC. The molecule has 0 bridgehead atoms. The van der Waals surface area contributed by atoms with Crippen molar-refractivity contribution in [1.82, 2.24) is 19.7 Å². The molecule has 9 heteroatoms. The van der Waals surface area contributed by atoms with E-state index in [9.17, 15) is 0 Å². The van der Waals surface area contributed by atoms with Crippen LogP contribution in [0.25, 0.3) is 16.4 Å². The van der Waals surface area contributed by atoms with Gasteiger partial charge in [0.1, 0.15) is 0 Å². The number of nitrogen functional groups attached to an aromatic ring is 1. The van der Waals surface area contributed by atoms with E-state index in [-0.39, 0.29) is 5.95 Å². The monoisotopic (exact) mass is 394 g/mol. The van der Waals surface area contributed by atoms with Crippen molar-refractivity contribution in [3.05, 3.63) is 53.9 Å². The van der Waals surface area contributed by atoms with Crippen LogP contribution in [0.4, 0.5) is 17.6 Å². The van der Waals surface area contributed by atoms with Crippen LogP contribution in [-0.4, -0.2) is 34.0 Å². The molecule has 2 heterocycles. The summed E-state index contributed by atoms with van der Waals surface area (Å²) in [4.78, 5) is 8.89. The Balaban J connectivity index is 1.59. The number of nitrogens with one attached hydrogen (secondary N) is 1. The molecule has 0 spiro atoms. The van der Waals surface area contributed by atoms with Crippen LogP contribution in [0.15, 0.2) is 53.9 Å². The minimum absolute atomic E-state index is 0.247. The lowest BCUT2D eigenvalue weighted by atomic mass is 10.2. The van der Waals surface area contributed by atoms with E-state index in [4.69, 9.17) is 15.2 Å². The predicted octanol–water partition coefficient (Wildman–Crippen LogP) is 3.73. The van der Waals surface area contributed by atoms with Crippen LogP contribution < -0.4 is 20.5 Å². The normalized spacial score (nSPS) is 10.6. The van der Waals surface area contributed by atoms with Crippen molar-refractivity contribution >= 4 is 28.9 Å². The van der Waals surface area contributed by atoms with Crippen molar-refractivity contribution in [2.75, 3.05) is 25.3 Å². The maximum Gasteiger partial charge on any atom is 0.248 e. The molecule has 0 saturated carbocycles. The summed E-state index contributed by atoms with van der Waals surface area (Å²) in [6.07, 6.45) is 0. The third kappa shape index (κ3) is 3.47. The molecule has 0 radical (unpaired) electrons. The fourth-order valence-corrected chi connectivity index (χ4v) is 3.46. The van der Waals surface area contributed by atoms with E-state index in [0.717, 1.165) is 16.9 Å². The van der Waals surface area contributed by atoms with Gasteiger partial charge in [0.05, 0.1) is 19.9 Å². The average molecular weight is 394 g/mol. The zero-order chi connectivity index (χ0) is 19.5. The molecule has 0 aliphatic heterocycles. The number of thiazole rings is 1. The molecule has 142 valence electrons. The summed E-state index contributed by atoms with van der Waals surface area (Å²) in [6, 6.07) is 15.4. The highest BCUT2D eigenvalue weighted by molar-refractivity contribution is 7.12. The van der Waals surface area contributed by atoms with Gasteiger partial charge >= 0.3 is 0 Å². The van der Waals surface area contributed by atoms with Crippen molar-refractivity contribution in [3.63, 3.8) is 0 Å². The molecule has 0 saturated heterocycles. The summed E-state index contributed by atoms with van der Waals surface area (Å²) < 4.78 is 12.1. The highest BCUT2D eigenvalue weighted by Crippen LogP contribution is 2.31. The first kappa shape index (κ1) is 17.8. The number of methoxy groups -OCH3 is 2. The van der Waals surface area contributed by atoms with Crippen molar-refractivity contribution in [2.45, 2.75) is 0 Å². The zero-order valence-corrected chi connectivity index (χ0v) is 16.1. The Morgan fingerprint density at radius 2 is 1.79 bits per heavy atom. The summed E-state index contributed by atoms with van der Waals surface area (Å²) in [5.41, 5.74) is 8.70. The highest BCUT2D eigenvalue weighted by atomic mass is 32.1. The number of ether oxygens (including phenoxy) is 2. The molecule has 3 N–H and O–H groups in total. The topological polar surface area (TPSA) is 100 Å². The number of hydrogen-bond donors (Lipinski definition) is 2. The summed E-state index contributed by atoms with van der Waals surface area (Å²) in [6.45, 7) is 0. The first-order chi connectivity index (χ1) is 13.7. The standard InChI is InChI=1S/C19H18N6O2S/c1-26-15-9-8-13(10-16(15)27-2)21-18-23-17(20)25(24-18)19-22-14(11-28-19)12-6-4-3-5-7-12/h3-11H,1-2H3,(H3,20,21,23,24). The molecule has 2 aromatic heterocycles. The molecule has 0 amide bonds. The van der Waals surface area contributed by atoms with Gasteiger partial charge in [-0.15, -0.1) is 16.4 Å². The van der Waals surface area contributed by atoms with E-state index in [2.05, 4.69) is 20.4 Å². The molecule has 4 rings (SSSR count). The largest absolute Gasteiger partial charge is 0.493 e. The number of rotatable bonds is 6. The molecule has 0 aliphatic rings. The zero-order valence-electron chi connectivity index (χ0n) is 15.3. The second-order valence-corrected chi connectivity index (χ2v) is 6.62. The van der Waals surface area contributed by atoms with E-state index in [1.807, 2.05) is 41.8 Å². The lowest BCUT2D eigenvalue weighted by Crippen LogP contribution is -2.02. The molecular formula is C19H18N6O2S. The second kappa shape index (κ2) is 7.57. The second-order valence-electron chi connectivity index (χ2n) is 5.78. The average Bonchev–Trinajstić information content (AvgIpc) is 3.35. The fourth-order valence-electron chi connectivity index (χ4n) is 2.66. The van der Waals surface area contributed by atoms with Gasteiger partial charge in [0, 0.05) is 22.7 Å². The Bertz CT molecular complexity index is 1090. The van der Waals surface area contributed by atoms with Gasteiger partial charge in [0.25, 0.3) is 0 Å². The summed E-state index contributed by atoms with van der Waals surface area (Å²) in [5, 5.41) is 10.2. The van der Waals surface area contributed by atoms with Crippen LogP contribution in [0, 0.1) is 0 Å². The van der Waals surface area contributed by atoms with Crippen molar-refractivity contribution < 1.29 is 9.47 Å². The Labute approximate surface area is 165 Å². The molecule has 0 aliphatic carbocycles. The molecule has 0 atom stereocenters. The summed E-state index contributed by atoms with van der Waals surface area (Å²) in [7, 11) is 3.17. The minimum atomic E-state index is 0.247. The maximum absolute atomic E-state index is 6.05. The van der Waals surface area contributed by atoms with Gasteiger partial charge in [-0.3, -0.25) is 0 Å². The smallest absolute Gasteiger partial charge is 0.248 e. The fraction of sp³-hybridized carbons (Fsp3) is 0.105. The van der Waals surface area contributed by atoms with Gasteiger partial charge in [0.2, 0.25) is 17.0 Å². The van der Waals surface area contributed by atoms with Gasteiger partial charge in [-0.25, -0.2) is 4.98 Å². The van der Waals surface area contributed by atoms with Crippen LogP contribution in [0.5, 0.6) is 11.5 Å². The Morgan fingerprint density at radius 3 is 2.54 bits per heavy atom. The van der Waals surface area contributed by atoms with Gasteiger partial charge in [0.15, 0.2) is 11.5 Å². The van der Waals surface area contributed by atoms with E-state index in [1.165, 1.54) is 16.0 Å². The third-order valence-corrected chi connectivity index (χ3v) is 4.83. The summed E-state index contributed by atoms with van der Waals surface area (Å²) in [5.74, 6) is 1.85. The van der Waals surface area contributed by atoms with Gasteiger partial charge in [-0.05, 0) is 12.1 Å². The number of benzene rings is 2. The van der Waals surface area contributed by atoms with E-state index >= 15 is 0 Å². The number of hydrogen-bond acceptors (Lipinski definition) is 8. The Kier molecular flexibility index (Phi) is 4.81. The molecule has 0 unspecified atom stereocenters. The predicted molar refractivity (Wildman–Crippen MR) is 110 cm³/mol. The van der Waals surface area contributed by atoms with Gasteiger partial charge in [-0.2, -0.15) is 9.67 Å². The Hall–Kier alpha value is -3.59. The van der Waals surface area contributed by atoms with E-state index in [1.54, 1.807) is 26.4 Å². The first-order valence-electron chi connectivity index (χ1n) is 8.41. The Morgan fingerprint density at radius 1 is 1.00 bits per heavy atom. The van der Waals surface area contributed by atoms with Crippen molar-refractivity contribution in [3.8, 4) is 27.9 Å². The molecule has 28 heavy (non-hydrogen) atoms. The molecule has 8 nitrogen and oxygen atoms in total. The lowest BCUT2D eigenvalue weighted by Gasteiger charge is -2.09. The van der Waals surface area contributed by atoms with Crippen LogP contribution in [-0.2, 0) is 0 Å². The summed E-state index contributed by atoms with van der Waals surface area (Å²) >= 11 is 1.45. The number of nitrogens with two attached hydrogens (primary N) is 1.